The third-order valence-electron chi connectivity index (χ3n) is 2.35. The molecule has 0 aliphatic carbocycles. The molecule has 1 aromatic carbocycles. The van der Waals surface area contributed by atoms with Crippen LogP contribution in [-0.4, -0.2) is 6.03 Å². The van der Waals surface area contributed by atoms with Crippen LogP contribution >= 0.6 is 15.9 Å². The quantitative estimate of drug-likeness (QED) is 0.912. The monoisotopic (exact) mass is 308 g/mol. The molecule has 4 nitrogen and oxygen atoms in total. The van der Waals surface area contributed by atoms with Crippen LogP contribution in [0.4, 0.5) is 4.79 Å². The first-order valence-corrected chi connectivity index (χ1v) is 6.32. The summed E-state index contributed by atoms with van der Waals surface area (Å²) in [5.41, 5.74) is 1.04. The van der Waals surface area contributed by atoms with Gasteiger partial charge in [-0.1, -0.05) is 28.1 Å². The number of hydrogen-bond acceptors (Lipinski definition) is 2. The number of nitrogens with one attached hydrogen (secondary N) is 2. The first-order valence-electron chi connectivity index (χ1n) is 5.52. The van der Waals surface area contributed by atoms with Gasteiger partial charge < -0.3 is 15.1 Å². The average Bonchev–Trinajstić information content (AvgIpc) is 2.87. The van der Waals surface area contributed by atoms with E-state index in [1.807, 2.05) is 30.3 Å². The van der Waals surface area contributed by atoms with E-state index < -0.39 is 0 Å². The van der Waals surface area contributed by atoms with Crippen LogP contribution in [0.2, 0.25) is 0 Å². The van der Waals surface area contributed by atoms with Crippen LogP contribution in [0.3, 0.4) is 0 Å². The summed E-state index contributed by atoms with van der Waals surface area (Å²) < 4.78 is 6.11. The summed E-state index contributed by atoms with van der Waals surface area (Å²) in [5.74, 6) is 0.729. The Morgan fingerprint density at radius 1 is 1.17 bits per heavy atom. The number of amides is 2. The van der Waals surface area contributed by atoms with Gasteiger partial charge in [-0.25, -0.2) is 4.79 Å². The maximum absolute atomic E-state index is 11.5. The summed E-state index contributed by atoms with van der Waals surface area (Å²) in [5, 5.41) is 5.49. The van der Waals surface area contributed by atoms with Gasteiger partial charge in [-0.3, -0.25) is 0 Å². The third-order valence-corrected chi connectivity index (χ3v) is 2.84. The summed E-state index contributed by atoms with van der Waals surface area (Å²) in [6.45, 7) is 0.876. The first kappa shape index (κ1) is 12.7. The smallest absolute Gasteiger partial charge is 0.315 e. The van der Waals surface area contributed by atoms with Crippen molar-refractivity contribution in [3.8, 4) is 0 Å². The Hall–Kier alpha value is -1.75. The Morgan fingerprint density at radius 3 is 2.72 bits per heavy atom. The molecule has 1 heterocycles. The SMILES string of the molecule is O=C(NCc1cccc(Br)c1)NCc1ccco1. The van der Waals surface area contributed by atoms with Crippen molar-refractivity contribution in [3.63, 3.8) is 0 Å². The summed E-state index contributed by atoms with van der Waals surface area (Å²) in [4.78, 5) is 11.5. The number of furan rings is 1. The highest BCUT2D eigenvalue weighted by atomic mass is 79.9. The third kappa shape index (κ3) is 3.92. The number of rotatable bonds is 4. The van der Waals surface area contributed by atoms with Gasteiger partial charge in [0.2, 0.25) is 0 Å². The summed E-state index contributed by atoms with van der Waals surface area (Å²) in [7, 11) is 0. The average molecular weight is 309 g/mol. The zero-order chi connectivity index (χ0) is 12.8. The van der Waals surface area contributed by atoms with Crippen LogP contribution in [0.5, 0.6) is 0 Å². The second kappa shape index (κ2) is 6.26. The number of benzene rings is 1. The number of urea groups is 1. The lowest BCUT2D eigenvalue weighted by molar-refractivity contribution is 0.239. The van der Waals surface area contributed by atoms with Crippen LogP contribution in [-0.2, 0) is 13.1 Å². The molecule has 2 rings (SSSR count). The molecule has 0 radical (unpaired) electrons. The normalized spacial score (nSPS) is 10.1. The van der Waals surface area contributed by atoms with Gasteiger partial charge in [0.25, 0.3) is 0 Å². The molecule has 0 saturated carbocycles. The molecule has 0 bridgehead atoms. The van der Waals surface area contributed by atoms with Crippen molar-refractivity contribution in [3.05, 3.63) is 58.5 Å². The molecule has 0 fully saturated rings. The van der Waals surface area contributed by atoms with Gasteiger partial charge in [0.05, 0.1) is 12.8 Å². The second-order valence-corrected chi connectivity index (χ2v) is 4.66. The van der Waals surface area contributed by atoms with Crippen molar-refractivity contribution >= 4 is 22.0 Å². The maximum Gasteiger partial charge on any atom is 0.315 e. The van der Waals surface area contributed by atoms with Gasteiger partial charge in [0.1, 0.15) is 5.76 Å². The van der Waals surface area contributed by atoms with Crippen molar-refractivity contribution in [1.29, 1.82) is 0 Å². The van der Waals surface area contributed by atoms with Crippen LogP contribution in [0.25, 0.3) is 0 Å². The zero-order valence-electron chi connectivity index (χ0n) is 9.65. The zero-order valence-corrected chi connectivity index (χ0v) is 11.2. The molecule has 0 aliphatic rings. The van der Waals surface area contributed by atoms with E-state index in [9.17, 15) is 4.79 Å². The van der Waals surface area contributed by atoms with E-state index in [0.717, 1.165) is 15.8 Å². The van der Waals surface area contributed by atoms with Crippen molar-refractivity contribution in [2.45, 2.75) is 13.1 Å². The molecule has 2 N–H and O–H groups in total. The highest BCUT2D eigenvalue weighted by Gasteiger charge is 2.02. The molecule has 0 spiro atoms. The van der Waals surface area contributed by atoms with Gasteiger partial charge in [-0.2, -0.15) is 0 Å². The van der Waals surface area contributed by atoms with Crippen molar-refractivity contribution < 1.29 is 9.21 Å². The molecule has 0 unspecified atom stereocenters. The highest BCUT2D eigenvalue weighted by molar-refractivity contribution is 9.10. The molecule has 18 heavy (non-hydrogen) atoms. The molecular weight excluding hydrogens is 296 g/mol. The Labute approximate surface area is 114 Å². The fraction of sp³-hybridized carbons (Fsp3) is 0.154. The van der Waals surface area contributed by atoms with E-state index in [1.165, 1.54) is 0 Å². The lowest BCUT2D eigenvalue weighted by Gasteiger charge is -2.06. The van der Waals surface area contributed by atoms with Gasteiger partial charge in [0, 0.05) is 11.0 Å². The Balaban J connectivity index is 1.75. The predicted octanol–water partition coefficient (Wildman–Crippen LogP) is 3.04. The summed E-state index contributed by atoms with van der Waals surface area (Å²) >= 11 is 3.39. The van der Waals surface area contributed by atoms with E-state index in [4.69, 9.17) is 4.42 Å². The first-order chi connectivity index (χ1) is 8.74. The number of hydrogen-bond donors (Lipinski definition) is 2. The van der Waals surface area contributed by atoms with Crippen molar-refractivity contribution in [2.75, 3.05) is 0 Å². The fourth-order valence-corrected chi connectivity index (χ4v) is 1.92. The Bertz CT molecular complexity index is 511. The minimum atomic E-state index is -0.216. The minimum Gasteiger partial charge on any atom is -0.467 e. The van der Waals surface area contributed by atoms with Gasteiger partial charge >= 0.3 is 6.03 Å². The number of carbonyl (C=O) groups excluding carboxylic acids is 1. The molecule has 1 aromatic heterocycles. The lowest BCUT2D eigenvalue weighted by Crippen LogP contribution is -2.34. The highest BCUT2D eigenvalue weighted by Crippen LogP contribution is 2.11. The lowest BCUT2D eigenvalue weighted by atomic mass is 10.2. The van der Waals surface area contributed by atoms with E-state index in [0.29, 0.717) is 13.1 Å². The topological polar surface area (TPSA) is 54.3 Å². The van der Waals surface area contributed by atoms with E-state index >= 15 is 0 Å². The van der Waals surface area contributed by atoms with Crippen LogP contribution in [0, 0.1) is 0 Å². The van der Waals surface area contributed by atoms with Gasteiger partial charge in [-0.05, 0) is 29.8 Å². The van der Waals surface area contributed by atoms with Gasteiger partial charge in [-0.15, -0.1) is 0 Å². The van der Waals surface area contributed by atoms with Crippen molar-refractivity contribution in [1.82, 2.24) is 10.6 Å². The number of carbonyl (C=O) groups is 1. The molecule has 0 aliphatic heterocycles. The van der Waals surface area contributed by atoms with E-state index in [2.05, 4.69) is 26.6 Å². The van der Waals surface area contributed by atoms with Crippen LogP contribution in [0.15, 0.2) is 51.6 Å². The van der Waals surface area contributed by atoms with Gasteiger partial charge in [0.15, 0.2) is 0 Å². The molecule has 2 amide bonds. The predicted molar refractivity (Wildman–Crippen MR) is 71.9 cm³/mol. The van der Waals surface area contributed by atoms with Crippen LogP contribution < -0.4 is 10.6 Å². The molecule has 2 aromatic rings. The Morgan fingerprint density at radius 2 is 2.00 bits per heavy atom. The second-order valence-electron chi connectivity index (χ2n) is 3.75. The molecule has 5 heteroatoms. The number of halogens is 1. The minimum absolute atomic E-state index is 0.216. The standard InChI is InChI=1S/C13H13BrN2O2/c14-11-4-1-3-10(7-11)8-15-13(17)16-9-12-5-2-6-18-12/h1-7H,8-9H2,(H2,15,16,17). The molecule has 0 saturated heterocycles. The molecule has 94 valence electrons. The largest absolute Gasteiger partial charge is 0.467 e. The summed E-state index contributed by atoms with van der Waals surface area (Å²) in [6.07, 6.45) is 1.58. The van der Waals surface area contributed by atoms with E-state index in [-0.39, 0.29) is 6.03 Å². The maximum atomic E-state index is 11.5. The van der Waals surface area contributed by atoms with Crippen LogP contribution in [0.1, 0.15) is 11.3 Å². The molecular formula is C13H13BrN2O2. The van der Waals surface area contributed by atoms with Crippen molar-refractivity contribution in [2.24, 2.45) is 0 Å². The summed E-state index contributed by atoms with van der Waals surface area (Å²) in [6, 6.07) is 11.2. The van der Waals surface area contributed by atoms with E-state index in [1.54, 1.807) is 12.3 Å². The molecule has 0 atom stereocenters. The fourth-order valence-electron chi connectivity index (χ4n) is 1.47. The Kier molecular flexibility index (Phi) is 4.41.